The Morgan fingerprint density at radius 3 is 2.41 bits per heavy atom. The maximum atomic E-state index is 13.4. The van der Waals surface area contributed by atoms with Gasteiger partial charge in [-0.05, 0) is 42.0 Å². The van der Waals surface area contributed by atoms with Gasteiger partial charge >= 0.3 is 11.7 Å². The average molecular weight is 453 g/mol. The monoisotopic (exact) mass is 452 g/mol. The van der Waals surface area contributed by atoms with Gasteiger partial charge < -0.3 is 5.11 Å². The molecule has 1 aromatic heterocycles. The molecule has 0 amide bonds. The fourth-order valence-corrected chi connectivity index (χ4v) is 5.17. The van der Waals surface area contributed by atoms with Crippen molar-refractivity contribution < 1.29 is 9.90 Å². The van der Waals surface area contributed by atoms with Crippen LogP contribution in [0.1, 0.15) is 73.1 Å². The molecule has 0 bridgehead atoms. The first-order valence-corrected chi connectivity index (χ1v) is 11.8. The van der Waals surface area contributed by atoms with Gasteiger partial charge in [0.05, 0.1) is 17.8 Å². The van der Waals surface area contributed by atoms with Crippen molar-refractivity contribution in [3.05, 3.63) is 81.0 Å². The molecule has 1 aliphatic carbocycles. The van der Waals surface area contributed by atoms with Crippen LogP contribution in [-0.2, 0) is 13.0 Å². The van der Waals surface area contributed by atoms with Gasteiger partial charge in [-0.15, -0.1) is 0 Å². The van der Waals surface area contributed by atoms with Crippen LogP contribution in [0.4, 0.5) is 0 Å². The summed E-state index contributed by atoms with van der Waals surface area (Å²) in [7, 11) is 0. The summed E-state index contributed by atoms with van der Waals surface area (Å²) < 4.78 is 3.64. The molecule has 168 valence electrons. The molecular formula is C26H29ClN2O3. The molecule has 0 unspecified atom stereocenters. The number of halogens is 1. The summed E-state index contributed by atoms with van der Waals surface area (Å²) >= 11 is 6.75. The van der Waals surface area contributed by atoms with Crippen molar-refractivity contribution in [1.29, 1.82) is 0 Å². The molecule has 6 heteroatoms. The summed E-state index contributed by atoms with van der Waals surface area (Å²) in [4.78, 5) is 24.9. The van der Waals surface area contributed by atoms with Crippen LogP contribution in [0, 0.1) is 0 Å². The number of imidazole rings is 1. The molecule has 1 aliphatic rings. The third kappa shape index (κ3) is 4.40. The Bertz CT molecular complexity index is 1150. The van der Waals surface area contributed by atoms with Crippen LogP contribution in [0.2, 0.25) is 5.15 Å². The Balaban J connectivity index is 1.66. The first kappa shape index (κ1) is 22.4. The lowest BCUT2D eigenvalue weighted by atomic mass is 9.95. The van der Waals surface area contributed by atoms with Gasteiger partial charge in [0.15, 0.2) is 0 Å². The molecule has 0 spiro atoms. The van der Waals surface area contributed by atoms with Crippen LogP contribution in [0.5, 0.6) is 0 Å². The van der Waals surface area contributed by atoms with Gasteiger partial charge in [-0.2, -0.15) is 0 Å². The van der Waals surface area contributed by atoms with Gasteiger partial charge in [-0.1, -0.05) is 86.7 Å². The lowest BCUT2D eigenvalue weighted by Crippen LogP contribution is -2.29. The van der Waals surface area contributed by atoms with E-state index >= 15 is 0 Å². The predicted molar refractivity (Wildman–Crippen MR) is 128 cm³/mol. The highest BCUT2D eigenvalue weighted by Crippen LogP contribution is 2.31. The number of rotatable bonds is 7. The zero-order valence-corrected chi connectivity index (χ0v) is 19.1. The van der Waals surface area contributed by atoms with E-state index in [1.165, 1.54) is 6.42 Å². The minimum absolute atomic E-state index is 0.0225. The van der Waals surface area contributed by atoms with Crippen LogP contribution >= 0.6 is 11.6 Å². The second-order valence-corrected chi connectivity index (χ2v) is 8.92. The van der Waals surface area contributed by atoms with Crippen molar-refractivity contribution in [3.8, 4) is 11.1 Å². The molecule has 0 saturated heterocycles. The first-order valence-electron chi connectivity index (χ1n) is 11.4. The molecule has 2 aromatic carbocycles. The smallest absolute Gasteiger partial charge is 0.336 e. The zero-order chi connectivity index (χ0) is 22.7. The van der Waals surface area contributed by atoms with Crippen LogP contribution in [-0.4, -0.2) is 20.2 Å². The van der Waals surface area contributed by atoms with E-state index in [0.717, 1.165) is 55.3 Å². The van der Waals surface area contributed by atoms with E-state index in [9.17, 15) is 14.7 Å². The summed E-state index contributed by atoms with van der Waals surface area (Å²) in [5, 5.41) is 10.1. The third-order valence-electron chi connectivity index (χ3n) is 6.40. The number of hydrogen-bond donors (Lipinski definition) is 1. The largest absolute Gasteiger partial charge is 0.478 e. The van der Waals surface area contributed by atoms with Gasteiger partial charge in [-0.3, -0.25) is 9.13 Å². The lowest BCUT2D eigenvalue weighted by molar-refractivity contribution is 0.0697. The standard InChI is InChI=1S/C26H29ClN2O3/c1-2-8-23-24(27)29(20-9-4-3-5-10-20)26(32)28(23)17-18-13-15-19(16-14-18)21-11-6-7-12-22(21)25(30)31/h6-7,11-16,20H,2-5,8-10,17H2,1H3,(H,30,31). The SMILES string of the molecule is CCCc1c(Cl)n(C2CCCCC2)c(=O)n1Cc1ccc(-c2ccccc2C(=O)O)cc1. The Kier molecular flexibility index (Phi) is 6.85. The number of carboxylic acid groups (broad SMARTS) is 1. The molecule has 3 aromatic rings. The normalized spacial score (nSPS) is 14.6. The highest BCUT2D eigenvalue weighted by molar-refractivity contribution is 6.30. The Hall–Kier alpha value is -2.79. The molecule has 1 heterocycles. The van der Waals surface area contributed by atoms with Crippen molar-refractivity contribution in [3.63, 3.8) is 0 Å². The number of carboxylic acids is 1. The number of nitrogens with zero attached hydrogens (tertiary/aromatic N) is 2. The molecular weight excluding hydrogens is 424 g/mol. The summed E-state index contributed by atoms with van der Waals surface area (Å²) in [5.74, 6) is -0.945. The van der Waals surface area contributed by atoms with E-state index in [4.69, 9.17) is 11.6 Å². The summed E-state index contributed by atoms with van der Waals surface area (Å²) in [6, 6.07) is 14.9. The summed E-state index contributed by atoms with van der Waals surface area (Å²) in [5.41, 5.74) is 3.67. The molecule has 4 rings (SSSR count). The molecule has 0 atom stereocenters. The maximum absolute atomic E-state index is 13.4. The fraction of sp³-hybridized carbons (Fsp3) is 0.385. The molecule has 1 saturated carbocycles. The van der Waals surface area contributed by atoms with E-state index < -0.39 is 5.97 Å². The maximum Gasteiger partial charge on any atom is 0.336 e. The van der Waals surface area contributed by atoms with Gasteiger partial charge in [0.1, 0.15) is 5.15 Å². The number of benzene rings is 2. The minimum atomic E-state index is -0.945. The van der Waals surface area contributed by atoms with Crippen LogP contribution in [0.3, 0.4) is 0 Å². The first-order chi connectivity index (χ1) is 15.5. The summed E-state index contributed by atoms with van der Waals surface area (Å²) in [6.45, 7) is 2.55. The third-order valence-corrected chi connectivity index (χ3v) is 6.80. The van der Waals surface area contributed by atoms with E-state index in [1.807, 2.05) is 45.5 Å². The van der Waals surface area contributed by atoms with E-state index in [-0.39, 0.29) is 17.3 Å². The lowest BCUT2D eigenvalue weighted by Gasteiger charge is -2.22. The van der Waals surface area contributed by atoms with Crippen molar-refractivity contribution in [1.82, 2.24) is 9.13 Å². The number of hydrogen-bond acceptors (Lipinski definition) is 2. The van der Waals surface area contributed by atoms with Crippen LogP contribution < -0.4 is 5.69 Å². The number of aromatic carboxylic acids is 1. The average Bonchev–Trinajstić information content (AvgIpc) is 3.04. The van der Waals surface area contributed by atoms with Crippen molar-refractivity contribution in [2.45, 2.75) is 64.5 Å². The van der Waals surface area contributed by atoms with Crippen molar-refractivity contribution in [2.24, 2.45) is 0 Å². The van der Waals surface area contributed by atoms with Crippen LogP contribution in [0.15, 0.2) is 53.3 Å². The molecule has 5 nitrogen and oxygen atoms in total. The Morgan fingerprint density at radius 2 is 1.75 bits per heavy atom. The van der Waals surface area contributed by atoms with Gasteiger partial charge in [0.25, 0.3) is 0 Å². The highest BCUT2D eigenvalue weighted by Gasteiger charge is 2.25. The fourth-order valence-electron chi connectivity index (χ4n) is 4.77. The van der Waals surface area contributed by atoms with Crippen molar-refractivity contribution >= 4 is 17.6 Å². The minimum Gasteiger partial charge on any atom is -0.478 e. The van der Waals surface area contributed by atoms with Gasteiger partial charge in [-0.25, -0.2) is 9.59 Å². The highest BCUT2D eigenvalue weighted by atomic mass is 35.5. The molecule has 1 fully saturated rings. The molecule has 0 aliphatic heterocycles. The van der Waals surface area contributed by atoms with Gasteiger partial charge in [0, 0.05) is 6.04 Å². The molecule has 32 heavy (non-hydrogen) atoms. The zero-order valence-electron chi connectivity index (χ0n) is 18.4. The second-order valence-electron chi connectivity index (χ2n) is 8.57. The van der Waals surface area contributed by atoms with Gasteiger partial charge in [0.2, 0.25) is 0 Å². The second kappa shape index (κ2) is 9.78. The number of aromatic nitrogens is 2. The quantitative estimate of drug-likeness (QED) is 0.465. The number of carbonyl (C=O) groups is 1. The predicted octanol–water partition coefficient (Wildman–Crippen LogP) is 6.17. The van der Waals surface area contributed by atoms with Crippen molar-refractivity contribution in [2.75, 3.05) is 0 Å². The van der Waals surface area contributed by atoms with E-state index in [0.29, 0.717) is 17.3 Å². The van der Waals surface area contributed by atoms with E-state index in [2.05, 4.69) is 6.92 Å². The molecule has 0 radical (unpaired) electrons. The van der Waals surface area contributed by atoms with Crippen LogP contribution in [0.25, 0.3) is 11.1 Å². The Morgan fingerprint density at radius 1 is 1.06 bits per heavy atom. The topological polar surface area (TPSA) is 64.2 Å². The summed E-state index contributed by atoms with van der Waals surface area (Å²) in [6.07, 6.45) is 7.20. The molecule has 1 N–H and O–H groups in total. The Labute approximate surface area is 193 Å². The van der Waals surface area contributed by atoms with E-state index in [1.54, 1.807) is 12.1 Å².